The van der Waals surface area contributed by atoms with Gasteiger partial charge in [0.05, 0.1) is 10.5 Å². The Hall–Kier alpha value is -0.830. The highest BCUT2D eigenvalue weighted by atomic mass is 32.2. The lowest BCUT2D eigenvalue weighted by Crippen LogP contribution is -2.34. The zero-order valence-electron chi connectivity index (χ0n) is 17.3. The van der Waals surface area contributed by atoms with Crippen LogP contribution in [0.25, 0.3) is 0 Å². The van der Waals surface area contributed by atoms with Gasteiger partial charge in [0.15, 0.2) is 9.84 Å². The molecule has 2 rings (SSSR count). The number of sulfone groups is 1. The maximum atomic E-state index is 12.4. The van der Waals surface area contributed by atoms with E-state index in [-0.39, 0.29) is 0 Å². The van der Waals surface area contributed by atoms with Gasteiger partial charge in [-0.3, -0.25) is 0 Å². The van der Waals surface area contributed by atoms with Crippen LogP contribution in [0.5, 0.6) is 0 Å². The van der Waals surface area contributed by atoms with E-state index in [4.69, 9.17) is 0 Å². The third-order valence-electron chi connectivity index (χ3n) is 6.04. The average molecular weight is 379 g/mol. The second kappa shape index (κ2) is 9.39. The zero-order chi connectivity index (χ0) is 19.2. The Bertz CT molecular complexity index is 630. The fourth-order valence-electron chi connectivity index (χ4n) is 3.87. The Morgan fingerprint density at radius 3 is 1.88 bits per heavy atom. The molecule has 26 heavy (non-hydrogen) atoms. The third kappa shape index (κ3) is 6.40. The molecule has 0 aliphatic heterocycles. The topological polar surface area (TPSA) is 34.1 Å². The van der Waals surface area contributed by atoms with E-state index in [1.807, 2.05) is 20.8 Å². The first-order valence-corrected chi connectivity index (χ1v) is 12.2. The van der Waals surface area contributed by atoms with E-state index in [9.17, 15) is 8.42 Å². The highest BCUT2D eigenvalue weighted by Crippen LogP contribution is 2.34. The molecular formula is C23H38O2S. The average Bonchev–Trinajstić information content (AvgIpc) is 2.59. The molecule has 0 atom stereocenters. The summed E-state index contributed by atoms with van der Waals surface area (Å²) in [5, 5.41) is 0. The van der Waals surface area contributed by atoms with Crippen molar-refractivity contribution in [2.45, 2.75) is 90.2 Å². The molecule has 0 saturated heterocycles. The van der Waals surface area contributed by atoms with Crippen molar-refractivity contribution >= 4 is 9.84 Å². The van der Waals surface area contributed by atoms with Gasteiger partial charge in [-0.25, -0.2) is 8.42 Å². The minimum Gasteiger partial charge on any atom is -0.228 e. The Kier molecular flexibility index (Phi) is 7.76. The molecule has 1 aliphatic rings. The first-order valence-electron chi connectivity index (χ1n) is 10.5. The summed E-state index contributed by atoms with van der Waals surface area (Å²) in [5.74, 6) is 1.51. The summed E-state index contributed by atoms with van der Waals surface area (Å²) in [6, 6.07) is 9.18. The van der Waals surface area contributed by atoms with Crippen LogP contribution in [0.4, 0.5) is 0 Å². The van der Waals surface area contributed by atoms with Gasteiger partial charge in [0.1, 0.15) is 0 Å². The molecule has 0 unspecified atom stereocenters. The molecule has 1 aliphatic carbocycles. The number of unbranched alkanes of at least 4 members (excludes halogenated alkanes) is 1. The molecular weight excluding hydrogens is 340 g/mol. The normalized spacial score (nSPS) is 21.7. The highest BCUT2D eigenvalue weighted by Gasteiger charge is 2.33. The molecule has 3 heteroatoms. The molecule has 0 radical (unpaired) electrons. The van der Waals surface area contributed by atoms with Crippen LogP contribution in [0.15, 0.2) is 24.3 Å². The SMILES string of the molecule is CCCCc1ccc(CCC2CCC(CS(=O)(=O)C(C)(C)C)CC2)cc1. The van der Waals surface area contributed by atoms with Gasteiger partial charge in [0.2, 0.25) is 0 Å². The molecule has 2 nitrogen and oxygen atoms in total. The first kappa shape index (κ1) is 21.5. The van der Waals surface area contributed by atoms with Gasteiger partial charge in [-0.1, -0.05) is 50.5 Å². The van der Waals surface area contributed by atoms with Crippen LogP contribution in [0.1, 0.15) is 83.8 Å². The molecule has 0 spiro atoms. The molecule has 1 fully saturated rings. The summed E-state index contributed by atoms with van der Waals surface area (Å²) < 4.78 is 24.2. The van der Waals surface area contributed by atoms with Crippen LogP contribution < -0.4 is 0 Å². The first-order chi connectivity index (χ1) is 12.2. The predicted molar refractivity (Wildman–Crippen MR) is 112 cm³/mol. The van der Waals surface area contributed by atoms with E-state index in [1.165, 1.54) is 49.7 Å². The Balaban J connectivity index is 1.73. The number of hydrogen-bond donors (Lipinski definition) is 0. The summed E-state index contributed by atoms with van der Waals surface area (Å²) in [5.41, 5.74) is 2.90. The number of benzene rings is 1. The quantitative estimate of drug-likeness (QED) is 0.557. The summed E-state index contributed by atoms with van der Waals surface area (Å²) >= 11 is 0. The Labute approximate surface area is 161 Å². The van der Waals surface area contributed by atoms with Crippen molar-refractivity contribution in [1.29, 1.82) is 0 Å². The van der Waals surface area contributed by atoms with Crippen molar-refractivity contribution in [3.63, 3.8) is 0 Å². The molecule has 0 bridgehead atoms. The fraction of sp³-hybridized carbons (Fsp3) is 0.739. The van der Waals surface area contributed by atoms with Gasteiger partial charge in [-0.2, -0.15) is 0 Å². The lowest BCUT2D eigenvalue weighted by molar-refractivity contribution is 0.278. The monoisotopic (exact) mass is 378 g/mol. The van der Waals surface area contributed by atoms with Gasteiger partial charge in [0, 0.05) is 0 Å². The molecule has 1 aromatic carbocycles. The van der Waals surface area contributed by atoms with Crippen LogP contribution in [0, 0.1) is 11.8 Å². The number of hydrogen-bond acceptors (Lipinski definition) is 2. The molecule has 148 valence electrons. The third-order valence-corrected chi connectivity index (χ3v) is 8.81. The lowest BCUT2D eigenvalue weighted by atomic mass is 9.80. The van der Waals surface area contributed by atoms with Crippen LogP contribution in [-0.2, 0) is 22.7 Å². The van der Waals surface area contributed by atoms with Crippen molar-refractivity contribution in [3.05, 3.63) is 35.4 Å². The predicted octanol–water partition coefficient (Wildman–Crippen LogP) is 5.98. The number of aryl methyl sites for hydroxylation is 2. The van der Waals surface area contributed by atoms with Crippen LogP contribution in [0.2, 0.25) is 0 Å². The summed E-state index contributed by atoms with van der Waals surface area (Å²) in [7, 11) is -2.98. The largest absolute Gasteiger partial charge is 0.228 e. The standard InChI is InChI=1S/C23H38O2S/c1-5-6-7-19-8-10-20(11-9-19)12-13-21-14-16-22(17-15-21)18-26(24,25)23(2,3)4/h8-11,21-22H,5-7,12-18H2,1-4H3. The molecule has 1 aromatic rings. The van der Waals surface area contributed by atoms with Crippen molar-refractivity contribution in [3.8, 4) is 0 Å². The maximum Gasteiger partial charge on any atom is 0.155 e. The van der Waals surface area contributed by atoms with Crippen molar-refractivity contribution < 1.29 is 8.42 Å². The summed E-state index contributed by atoms with van der Waals surface area (Å²) in [6.45, 7) is 7.70. The van der Waals surface area contributed by atoms with Gasteiger partial charge in [0.25, 0.3) is 0 Å². The summed E-state index contributed by atoms with van der Waals surface area (Å²) in [4.78, 5) is 0. The number of rotatable bonds is 8. The van der Waals surface area contributed by atoms with E-state index in [1.54, 1.807) is 0 Å². The van der Waals surface area contributed by atoms with Gasteiger partial charge in [-0.05, 0) is 82.3 Å². The second-order valence-corrected chi connectivity index (χ2v) is 12.0. The Morgan fingerprint density at radius 1 is 0.885 bits per heavy atom. The molecule has 0 N–H and O–H groups in total. The van der Waals surface area contributed by atoms with Crippen molar-refractivity contribution in [1.82, 2.24) is 0 Å². The fourth-order valence-corrected chi connectivity index (χ4v) is 5.33. The lowest BCUT2D eigenvalue weighted by Gasteiger charge is -2.30. The second-order valence-electron chi connectivity index (χ2n) is 9.24. The van der Waals surface area contributed by atoms with E-state index >= 15 is 0 Å². The minimum absolute atomic E-state index is 0.369. The Morgan fingerprint density at radius 2 is 1.38 bits per heavy atom. The zero-order valence-corrected chi connectivity index (χ0v) is 18.1. The summed E-state index contributed by atoms with van der Waals surface area (Å²) in [6.07, 6.45) is 10.7. The van der Waals surface area contributed by atoms with Gasteiger partial charge < -0.3 is 0 Å². The smallest absolute Gasteiger partial charge is 0.155 e. The van der Waals surface area contributed by atoms with Crippen molar-refractivity contribution in [2.24, 2.45) is 11.8 Å². The van der Waals surface area contributed by atoms with Crippen LogP contribution in [0.3, 0.4) is 0 Å². The minimum atomic E-state index is -2.98. The van der Waals surface area contributed by atoms with Gasteiger partial charge in [-0.15, -0.1) is 0 Å². The van der Waals surface area contributed by atoms with Gasteiger partial charge >= 0.3 is 0 Å². The maximum absolute atomic E-state index is 12.4. The molecule has 0 aromatic heterocycles. The van der Waals surface area contributed by atoms with E-state index < -0.39 is 14.6 Å². The van der Waals surface area contributed by atoms with Crippen LogP contribution >= 0.6 is 0 Å². The molecule has 1 saturated carbocycles. The van der Waals surface area contributed by atoms with E-state index in [0.29, 0.717) is 11.7 Å². The van der Waals surface area contributed by atoms with Crippen molar-refractivity contribution in [2.75, 3.05) is 5.75 Å². The highest BCUT2D eigenvalue weighted by molar-refractivity contribution is 7.92. The van der Waals surface area contributed by atoms with Crippen LogP contribution in [-0.4, -0.2) is 18.9 Å². The molecule has 0 heterocycles. The molecule has 0 amide bonds. The van der Waals surface area contributed by atoms with E-state index in [0.717, 1.165) is 25.2 Å². The van der Waals surface area contributed by atoms with E-state index in [2.05, 4.69) is 31.2 Å².